The van der Waals surface area contributed by atoms with Gasteiger partial charge in [-0.15, -0.1) is 10.2 Å². The molecule has 6 heteroatoms. The number of pyridine rings is 1. The Balaban J connectivity index is 1.79. The van der Waals surface area contributed by atoms with Gasteiger partial charge in [-0.2, -0.15) is 0 Å². The number of nitrogens with zero attached hydrogens (tertiary/aromatic N) is 3. The molecule has 0 unspecified atom stereocenters. The van der Waals surface area contributed by atoms with Crippen molar-refractivity contribution in [2.75, 3.05) is 13.2 Å². The van der Waals surface area contributed by atoms with Crippen molar-refractivity contribution in [3.05, 3.63) is 54.2 Å². The number of benzene rings is 1. The third-order valence-electron chi connectivity index (χ3n) is 3.36. The highest BCUT2D eigenvalue weighted by molar-refractivity contribution is 5.51. The van der Waals surface area contributed by atoms with Crippen LogP contribution >= 0.6 is 0 Å². The fourth-order valence-electron chi connectivity index (χ4n) is 2.32. The summed E-state index contributed by atoms with van der Waals surface area (Å²) in [4.78, 5) is 3.98. The van der Waals surface area contributed by atoms with Gasteiger partial charge in [0.2, 0.25) is 11.8 Å². The van der Waals surface area contributed by atoms with Crippen LogP contribution in [0.25, 0.3) is 11.5 Å². The van der Waals surface area contributed by atoms with Crippen molar-refractivity contribution in [2.24, 2.45) is 0 Å². The van der Waals surface area contributed by atoms with Gasteiger partial charge in [0, 0.05) is 18.0 Å². The molecule has 0 aliphatic rings. The Kier molecular flexibility index (Phi) is 5.05. The number of ether oxygens (including phenoxy) is 2. The van der Waals surface area contributed by atoms with Gasteiger partial charge in [-0.1, -0.05) is 6.07 Å². The first-order valence-corrected chi connectivity index (χ1v) is 7.91. The lowest BCUT2D eigenvalue weighted by Gasteiger charge is -2.11. The predicted molar refractivity (Wildman–Crippen MR) is 89.1 cm³/mol. The molecule has 0 fully saturated rings. The second-order valence-electron chi connectivity index (χ2n) is 5.06. The molecule has 2 heterocycles. The van der Waals surface area contributed by atoms with Gasteiger partial charge in [0.15, 0.2) is 11.5 Å². The molecular weight excluding hydrogens is 306 g/mol. The number of rotatable bonds is 7. The first kappa shape index (κ1) is 16.0. The quantitative estimate of drug-likeness (QED) is 0.662. The first-order chi connectivity index (χ1) is 11.8. The molecule has 0 atom stereocenters. The van der Waals surface area contributed by atoms with Gasteiger partial charge in [0.05, 0.1) is 19.6 Å². The lowest BCUT2D eigenvalue weighted by atomic mass is 10.1. The summed E-state index contributed by atoms with van der Waals surface area (Å²) in [6.45, 7) is 5.07. The SMILES string of the molecule is CCOc1ccc(Cc2nnc(-c3ccncc3)o2)cc1OCC. The predicted octanol–water partition coefficient (Wildman–Crippen LogP) is 3.52. The zero-order valence-electron chi connectivity index (χ0n) is 13.7. The highest BCUT2D eigenvalue weighted by atomic mass is 16.5. The molecule has 6 nitrogen and oxygen atoms in total. The van der Waals surface area contributed by atoms with Crippen molar-refractivity contribution in [1.29, 1.82) is 0 Å². The average Bonchev–Trinajstić information content (AvgIpc) is 3.07. The molecule has 0 aliphatic carbocycles. The monoisotopic (exact) mass is 325 g/mol. The van der Waals surface area contributed by atoms with E-state index in [1.165, 1.54) is 0 Å². The fraction of sp³-hybridized carbons (Fsp3) is 0.278. The van der Waals surface area contributed by atoms with Crippen molar-refractivity contribution in [3.8, 4) is 23.0 Å². The van der Waals surface area contributed by atoms with E-state index in [1.807, 2.05) is 44.2 Å². The molecule has 0 amide bonds. The van der Waals surface area contributed by atoms with Gasteiger partial charge in [-0.3, -0.25) is 4.98 Å². The smallest absolute Gasteiger partial charge is 0.247 e. The molecular formula is C18H19N3O3. The summed E-state index contributed by atoms with van der Waals surface area (Å²) < 4.78 is 16.9. The number of hydrogen-bond donors (Lipinski definition) is 0. The second kappa shape index (κ2) is 7.59. The highest BCUT2D eigenvalue weighted by Crippen LogP contribution is 2.29. The third-order valence-corrected chi connectivity index (χ3v) is 3.36. The minimum Gasteiger partial charge on any atom is -0.490 e. The van der Waals surface area contributed by atoms with Gasteiger partial charge in [-0.05, 0) is 43.7 Å². The van der Waals surface area contributed by atoms with Crippen molar-refractivity contribution in [2.45, 2.75) is 20.3 Å². The summed E-state index contributed by atoms with van der Waals surface area (Å²) >= 11 is 0. The summed E-state index contributed by atoms with van der Waals surface area (Å²) in [6, 6.07) is 9.50. The maximum atomic E-state index is 5.73. The summed E-state index contributed by atoms with van der Waals surface area (Å²) in [7, 11) is 0. The van der Waals surface area contributed by atoms with Crippen LogP contribution in [0.1, 0.15) is 25.3 Å². The molecule has 0 N–H and O–H groups in total. The maximum absolute atomic E-state index is 5.73. The lowest BCUT2D eigenvalue weighted by molar-refractivity contribution is 0.287. The minimum atomic E-state index is 0.489. The Morgan fingerprint density at radius 3 is 2.42 bits per heavy atom. The van der Waals surface area contributed by atoms with E-state index in [0.29, 0.717) is 31.4 Å². The first-order valence-electron chi connectivity index (χ1n) is 7.91. The Morgan fingerprint density at radius 2 is 1.67 bits per heavy atom. The van der Waals surface area contributed by atoms with Gasteiger partial charge in [0.1, 0.15) is 0 Å². The standard InChI is InChI=1S/C18H19N3O3/c1-3-22-15-6-5-13(11-16(15)23-4-2)12-17-20-21-18(24-17)14-7-9-19-10-8-14/h5-11H,3-4,12H2,1-2H3. The van der Waals surface area contributed by atoms with Gasteiger partial charge >= 0.3 is 0 Å². The molecule has 0 spiro atoms. The normalized spacial score (nSPS) is 10.6. The summed E-state index contributed by atoms with van der Waals surface area (Å²) in [6.07, 6.45) is 3.92. The lowest BCUT2D eigenvalue weighted by Crippen LogP contribution is -1.99. The number of hydrogen-bond acceptors (Lipinski definition) is 6. The van der Waals surface area contributed by atoms with E-state index in [1.54, 1.807) is 12.4 Å². The Bertz CT molecular complexity index is 787. The van der Waals surface area contributed by atoms with E-state index in [0.717, 1.165) is 22.6 Å². The molecule has 1 aromatic carbocycles. The molecule has 24 heavy (non-hydrogen) atoms. The Hall–Kier alpha value is -2.89. The minimum absolute atomic E-state index is 0.489. The molecule has 0 aliphatic heterocycles. The van der Waals surface area contributed by atoms with E-state index in [4.69, 9.17) is 13.9 Å². The van der Waals surface area contributed by atoms with Crippen LogP contribution in [0.2, 0.25) is 0 Å². The summed E-state index contributed by atoms with van der Waals surface area (Å²) in [5, 5.41) is 8.20. The van der Waals surface area contributed by atoms with Crippen molar-refractivity contribution in [3.63, 3.8) is 0 Å². The van der Waals surface area contributed by atoms with E-state index in [-0.39, 0.29) is 0 Å². The van der Waals surface area contributed by atoms with Crippen LogP contribution in [-0.4, -0.2) is 28.4 Å². The van der Waals surface area contributed by atoms with Crippen LogP contribution in [0.3, 0.4) is 0 Å². The van der Waals surface area contributed by atoms with E-state index < -0.39 is 0 Å². The third kappa shape index (κ3) is 3.71. The molecule has 3 aromatic rings. The zero-order chi connectivity index (χ0) is 16.8. The Morgan fingerprint density at radius 1 is 0.917 bits per heavy atom. The molecule has 0 saturated carbocycles. The summed E-state index contributed by atoms with van der Waals surface area (Å²) in [5.74, 6) is 2.51. The highest BCUT2D eigenvalue weighted by Gasteiger charge is 2.11. The van der Waals surface area contributed by atoms with Crippen molar-refractivity contribution < 1.29 is 13.9 Å². The molecule has 2 aromatic heterocycles. The van der Waals surface area contributed by atoms with Gasteiger partial charge in [0.25, 0.3) is 0 Å². The van der Waals surface area contributed by atoms with E-state index >= 15 is 0 Å². The average molecular weight is 325 g/mol. The number of aromatic nitrogens is 3. The van der Waals surface area contributed by atoms with E-state index in [2.05, 4.69) is 15.2 Å². The molecule has 3 rings (SSSR count). The van der Waals surface area contributed by atoms with Crippen LogP contribution in [0.4, 0.5) is 0 Å². The van der Waals surface area contributed by atoms with Crippen molar-refractivity contribution >= 4 is 0 Å². The van der Waals surface area contributed by atoms with Crippen LogP contribution in [0.15, 0.2) is 47.1 Å². The zero-order valence-corrected chi connectivity index (χ0v) is 13.7. The molecule has 0 bridgehead atoms. The van der Waals surface area contributed by atoms with E-state index in [9.17, 15) is 0 Å². The van der Waals surface area contributed by atoms with Crippen molar-refractivity contribution in [1.82, 2.24) is 15.2 Å². The van der Waals surface area contributed by atoms with Crippen LogP contribution in [0.5, 0.6) is 11.5 Å². The van der Waals surface area contributed by atoms with Crippen LogP contribution < -0.4 is 9.47 Å². The Labute approximate surface area is 140 Å². The van der Waals surface area contributed by atoms with Crippen LogP contribution in [0, 0.1) is 0 Å². The maximum Gasteiger partial charge on any atom is 0.247 e. The second-order valence-corrected chi connectivity index (χ2v) is 5.06. The van der Waals surface area contributed by atoms with Gasteiger partial charge in [-0.25, -0.2) is 0 Å². The largest absolute Gasteiger partial charge is 0.490 e. The topological polar surface area (TPSA) is 70.3 Å². The summed E-state index contributed by atoms with van der Waals surface area (Å²) in [5.41, 5.74) is 1.87. The molecule has 0 saturated heterocycles. The van der Waals surface area contributed by atoms with Crippen LogP contribution in [-0.2, 0) is 6.42 Å². The van der Waals surface area contributed by atoms with Gasteiger partial charge < -0.3 is 13.9 Å². The molecule has 124 valence electrons. The molecule has 0 radical (unpaired) electrons. The fourth-order valence-corrected chi connectivity index (χ4v) is 2.32.